The summed E-state index contributed by atoms with van der Waals surface area (Å²) in [4.78, 5) is 16.8. The van der Waals surface area contributed by atoms with Crippen LogP contribution in [0.25, 0.3) is 0 Å². The lowest BCUT2D eigenvalue weighted by Crippen LogP contribution is -3.13. The van der Waals surface area contributed by atoms with Crippen LogP contribution in [0, 0.1) is 5.82 Å². The molecule has 1 amide bonds. The molecule has 2 N–H and O–H groups in total. The fraction of sp³-hybridized carbons (Fsp3) is 0.476. The second kappa shape index (κ2) is 7.98. The SMILES string of the molecule is CC(=O)Nc1sc2c(c1C[NH+]1CCN(c3ccccc3F)CC1)CCCC2. The van der Waals surface area contributed by atoms with Gasteiger partial charge in [-0.3, -0.25) is 4.79 Å². The molecule has 4 rings (SSSR count). The Bertz CT molecular complexity index is 827. The number of carbonyl (C=O) groups excluding carboxylic acids is 1. The number of piperazine rings is 1. The number of carbonyl (C=O) groups is 1. The zero-order chi connectivity index (χ0) is 18.8. The summed E-state index contributed by atoms with van der Waals surface area (Å²) in [5, 5.41) is 4.12. The molecule has 0 spiro atoms. The van der Waals surface area contributed by atoms with Gasteiger partial charge >= 0.3 is 0 Å². The van der Waals surface area contributed by atoms with Crippen LogP contribution in [0.2, 0.25) is 0 Å². The van der Waals surface area contributed by atoms with Gasteiger partial charge in [0, 0.05) is 17.4 Å². The average Bonchev–Trinajstić information content (AvgIpc) is 2.99. The van der Waals surface area contributed by atoms with E-state index in [0.717, 1.165) is 50.6 Å². The number of rotatable bonds is 4. The number of thiophene rings is 1. The Balaban J connectivity index is 1.47. The largest absolute Gasteiger partial charge is 0.358 e. The maximum atomic E-state index is 14.1. The molecule has 0 radical (unpaired) electrons. The third-order valence-corrected chi connectivity index (χ3v) is 6.91. The Kier molecular flexibility index (Phi) is 5.45. The summed E-state index contributed by atoms with van der Waals surface area (Å²) in [6.45, 7) is 6.22. The number of aryl methyl sites for hydroxylation is 1. The van der Waals surface area contributed by atoms with E-state index in [1.807, 2.05) is 12.1 Å². The number of halogens is 1. The fourth-order valence-corrected chi connectivity index (χ4v) is 5.63. The summed E-state index contributed by atoms with van der Waals surface area (Å²) in [5.41, 5.74) is 3.54. The zero-order valence-corrected chi connectivity index (χ0v) is 16.6. The molecule has 1 saturated heterocycles. The fourth-order valence-electron chi connectivity index (χ4n) is 4.28. The number of nitrogens with one attached hydrogen (secondary N) is 2. The van der Waals surface area contributed by atoms with Crippen LogP contribution in [0.15, 0.2) is 24.3 Å². The standard InChI is InChI=1S/C21H26FN3OS/c1-15(26)23-21-17(16-6-2-5-9-20(16)27-21)14-24-10-12-25(13-11-24)19-8-4-3-7-18(19)22/h3-4,7-8H,2,5-6,9-14H2,1H3,(H,23,26)/p+1. The molecule has 1 aliphatic carbocycles. The first-order chi connectivity index (χ1) is 13.1. The summed E-state index contributed by atoms with van der Waals surface area (Å²) in [5.74, 6) is -0.130. The van der Waals surface area contributed by atoms with Crippen molar-refractivity contribution in [2.24, 2.45) is 0 Å². The van der Waals surface area contributed by atoms with Crippen molar-refractivity contribution in [2.75, 3.05) is 36.4 Å². The molecule has 2 aromatic rings. The minimum absolute atomic E-state index is 0.00854. The van der Waals surface area contributed by atoms with Crippen LogP contribution in [0.4, 0.5) is 15.1 Å². The highest BCUT2D eigenvalue weighted by molar-refractivity contribution is 7.16. The van der Waals surface area contributed by atoms with Gasteiger partial charge in [-0.2, -0.15) is 0 Å². The first-order valence-corrected chi connectivity index (χ1v) is 10.7. The molecule has 0 bridgehead atoms. The molecule has 4 nitrogen and oxygen atoms in total. The second-order valence-corrected chi connectivity index (χ2v) is 8.67. The monoisotopic (exact) mass is 388 g/mol. The Morgan fingerprint density at radius 2 is 1.96 bits per heavy atom. The number of benzene rings is 1. The number of fused-ring (bicyclic) bond motifs is 1. The number of para-hydroxylation sites is 1. The Hall–Kier alpha value is -1.92. The van der Waals surface area contributed by atoms with Crippen molar-refractivity contribution in [1.29, 1.82) is 0 Å². The average molecular weight is 389 g/mol. The van der Waals surface area contributed by atoms with Crippen LogP contribution >= 0.6 is 11.3 Å². The number of anilines is 2. The van der Waals surface area contributed by atoms with Gasteiger partial charge in [0.25, 0.3) is 0 Å². The van der Waals surface area contributed by atoms with E-state index in [4.69, 9.17) is 0 Å². The van der Waals surface area contributed by atoms with E-state index in [0.29, 0.717) is 5.69 Å². The van der Waals surface area contributed by atoms with Gasteiger partial charge in [0.1, 0.15) is 17.4 Å². The summed E-state index contributed by atoms with van der Waals surface area (Å²) in [6.07, 6.45) is 4.77. The van der Waals surface area contributed by atoms with Gasteiger partial charge in [0.2, 0.25) is 5.91 Å². The third-order valence-electron chi connectivity index (χ3n) is 5.66. The van der Waals surface area contributed by atoms with Crippen LogP contribution in [-0.2, 0) is 24.2 Å². The van der Waals surface area contributed by atoms with Crippen molar-refractivity contribution in [2.45, 2.75) is 39.2 Å². The smallest absolute Gasteiger partial charge is 0.221 e. The molecule has 2 aliphatic rings. The quantitative estimate of drug-likeness (QED) is 0.845. The number of amides is 1. The Labute approximate surface area is 164 Å². The summed E-state index contributed by atoms with van der Waals surface area (Å²) >= 11 is 1.77. The normalized spacial score (nSPS) is 17.6. The van der Waals surface area contributed by atoms with Crippen molar-refractivity contribution in [3.05, 3.63) is 46.1 Å². The molecule has 1 aromatic carbocycles. The molecule has 1 aromatic heterocycles. The van der Waals surface area contributed by atoms with Crippen molar-refractivity contribution in [1.82, 2.24) is 0 Å². The van der Waals surface area contributed by atoms with Crippen LogP contribution in [-0.4, -0.2) is 32.1 Å². The summed E-state index contributed by atoms with van der Waals surface area (Å²) in [6, 6.07) is 7.04. The number of quaternary nitrogens is 1. The van der Waals surface area contributed by atoms with Crippen molar-refractivity contribution >= 4 is 27.9 Å². The molecule has 1 aliphatic heterocycles. The van der Waals surface area contributed by atoms with Gasteiger partial charge in [-0.15, -0.1) is 11.3 Å². The number of nitrogens with zero attached hydrogens (tertiary/aromatic N) is 1. The molecule has 27 heavy (non-hydrogen) atoms. The van der Waals surface area contributed by atoms with E-state index in [9.17, 15) is 9.18 Å². The maximum absolute atomic E-state index is 14.1. The van der Waals surface area contributed by atoms with Gasteiger partial charge in [-0.25, -0.2) is 4.39 Å². The highest BCUT2D eigenvalue weighted by Gasteiger charge is 2.27. The van der Waals surface area contributed by atoms with E-state index < -0.39 is 0 Å². The minimum Gasteiger partial charge on any atom is -0.358 e. The molecule has 0 saturated carbocycles. The molecule has 6 heteroatoms. The van der Waals surface area contributed by atoms with E-state index in [2.05, 4.69) is 10.2 Å². The van der Waals surface area contributed by atoms with E-state index in [-0.39, 0.29) is 11.7 Å². The molecular weight excluding hydrogens is 361 g/mol. The highest BCUT2D eigenvalue weighted by atomic mass is 32.1. The van der Waals surface area contributed by atoms with Crippen molar-refractivity contribution in [3.63, 3.8) is 0 Å². The number of hydrogen-bond donors (Lipinski definition) is 2. The topological polar surface area (TPSA) is 36.8 Å². The first kappa shape index (κ1) is 18.4. The van der Waals surface area contributed by atoms with Gasteiger partial charge in [-0.1, -0.05) is 12.1 Å². The Morgan fingerprint density at radius 3 is 2.70 bits per heavy atom. The van der Waals surface area contributed by atoms with E-state index in [1.165, 1.54) is 39.8 Å². The van der Waals surface area contributed by atoms with Crippen molar-refractivity contribution in [3.8, 4) is 0 Å². The summed E-state index contributed by atoms with van der Waals surface area (Å²) < 4.78 is 14.1. The molecule has 0 atom stereocenters. The highest BCUT2D eigenvalue weighted by Crippen LogP contribution is 2.37. The summed E-state index contributed by atoms with van der Waals surface area (Å²) in [7, 11) is 0. The molecule has 0 unspecified atom stereocenters. The second-order valence-electron chi connectivity index (χ2n) is 7.56. The van der Waals surface area contributed by atoms with Gasteiger partial charge in [0.05, 0.1) is 31.9 Å². The number of hydrogen-bond acceptors (Lipinski definition) is 3. The third kappa shape index (κ3) is 4.01. The van der Waals surface area contributed by atoms with Crippen LogP contribution in [0.5, 0.6) is 0 Å². The molecule has 144 valence electrons. The zero-order valence-electron chi connectivity index (χ0n) is 15.8. The molecular formula is C21H27FN3OS+. The lowest BCUT2D eigenvalue weighted by atomic mass is 9.95. The molecule has 1 fully saturated rings. The first-order valence-electron chi connectivity index (χ1n) is 9.86. The van der Waals surface area contributed by atoms with Gasteiger partial charge < -0.3 is 15.1 Å². The van der Waals surface area contributed by atoms with Crippen LogP contribution < -0.4 is 15.1 Å². The van der Waals surface area contributed by atoms with Gasteiger partial charge in [-0.05, 0) is 43.4 Å². The predicted molar refractivity (Wildman–Crippen MR) is 108 cm³/mol. The minimum atomic E-state index is -0.138. The van der Waals surface area contributed by atoms with Crippen LogP contribution in [0.3, 0.4) is 0 Å². The Morgan fingerprint density at radius 1 is 1.22 bits per heavy atom. The lowest BCUT2D eigenvalue weighted by Gasteiger charge is -2.34. The van der Waals surface area contributed by atoms with Crippen molar-refractivity contribution < 1.29 is 14.1 Å². The maximum Gasteiger partial charge on any atom is 0.221 e. The molecule has 2 heterocycles. The predicted octanol–water partition coefficient (Wildman–Crippen LogP) is 2.63. The van der Waals surface area contributed by atoms with E-state index >= 15 is 0 Å². The van der Waals surface area contributed by atoms with Gasteiger partial charge in [0.15, 0.2) is 0 Å². The lowest BCUT2D eigenvalue weighted by molar-refractivity contribution is -0.914. The van der Waals surface area contributed by atoms with Crippen LogP contribution in [0.1, 0.15) is 35.8 Å². The van der Waals surface area contributed by atoms with E-state index in [1.54, 1.807) is 24.3 Å².